The van der Waals surface area contributed by atoms with Crippen LogP contribution in [0.5, 0.6) is 0 Å². The summed E-state index contributed by atoms with van der Waals surface area (Å²) in [6.07, 6.45) is 3.96. The van der Waals surface area contributed by atoms with Crippen LogP contribution >= 0.6 is 0 Å². The number of likely N-dealkylation sites (tertiary alicyclic amines) is 1. The topological polar surface area (TPSA) is 29.3 Å². The lowest BCUT2D eigenvalue weighted by molar-refractivity contribution is 0.136. The number of piperidine rings is 1. The van der Waals surface area contributed by atoms with Gasteiger partial charge in [0.05, 0.1) is 0 Å². The molecule has 0 aromatic rings. The zero-order valence-electron chi connectivity index (χ0n) is 8.42. The molecule has 0 saturated carbocycles. The van der Waals surface area contributed by atoms with Gasteiger partial charge in [-0.1, -0.05) is 0 Å². The van der Waals surface area contributed by atoms with Crippen LogP contribution in [0.2, 0.25) is 0 Å². The predicted molar refractivity (Wildman–Crippen MR) is 53.1 cm³/mol. The van der Waals surface area contributed by atoms with E-state index in [2.05, 4.69) is 18.7 Å². The Morgan fingerprint density at radius 1 is 1.50 bits per heavy atom. The van der Waals surface area contributed by atoms with Crippen molar-refractivity contribution < 1.29 is 0 Å². The maximum Gasteiger partial charge on any atom is 0.00387 e. The van der Waals surface area contributed by atoms with E-state index in [1.165, 1.54) is 32.4 Å². The molecule has 2 nitrogen and oxygen atoms in total. The van der Waals surface area contributed by atoms with Gasteiger partial charge in [0, 0.05) is 12.6 Å². The van der Waals surface area contributed by atoms with Gasteiger partial charge in [0.25, 0.3) is 0 Å². The zero-order valence-corrected chi connectivity index (χ0v) is 8.42. The van der Waals surface area contributed by atoms with Crippen LogP contribution in [-0.2, 0) is 0 Å². The highest BCUT2D eigenvalue weighted by molar-refractivity contribution is 4.75. The van der Waals surface area contributed by atoms with Gasteiger partial charge in [-0.2, -0.15) is 0 Å². The van der Waals surface area contributed by atoms with Gasteiger partial charge in [0.2, 0.25) is 0 Å². The van der Waals surface area contributed by atoms with E-state index in [1.807, 2.05) is 0 Å². The fourth-order valence-corrected chi connectivity index (χ4v) is 2.04. The van der Waals surface area contributed by atoms with E-state index in [0.717, 1.165) is 12.5 Å². The van der Waals surface area contributed by atoms with Crippen molar-refractivity contribution in [3.63, 3.8) is 0 Å². The molecule has 0 aromatic carbocycles. The number of hydrogen-bond donors (Lipinski definition) is 1. The molecule has 0 bridgehead atoms. The Bertz CT molecular complexity index is 121. The molecule has 2 N–H and O–H groups in total. The molecule has 72 valence electrons. The summed E-state index contributed by atoms with van der Waals surface area (Å²) in [5, 5.41) is 0. The van der Waals surface area contributed by atoms with Crippen molar-refractivity contribution in [1.29, 1.82) is 0 Å². The van der Waals surface area contributed by atoms with E-state index in [4.69, 9.17) is 5.73 Å². The lowest BCUT2D eigenvalue weighted by atomic mass is 9.94. The van der Waals surface area contributed by atoms with Crippen molar-refractivity contribution in [2.75, 3.05) is 19.6 Å². The quantitative estimate of drug-likeness (QED) is 0.694. The van der Waals surface area contributed by atoms with Gasteiger partial charge in [-0.15, -0.1) is 0 Å². The third kappa shape index (κ3) is 2.76. The molecule has 0 aromatic heterocycles. The minimum Gasteiger partial charge on any atom is -0.330 e. The van der Waals surface area contributed by atoms with Crippen molar-refractivity contribution in [1.82, 2.24) is 4.90 Å². The summed E-state index contributed by atoms with van der Waals surface area (Å²) in [6, 6.07) is 0.713. The molecule has 1 aliphatic rings. The number of nitrogens with two attached hydrogens (primary N) is 1. The fraction of sp³-hybridized carbons (Fsp3) is 1.00. The van der Waals surface area contributed by atoms with Gasteiger partial charge in [-0.05, 0) is 52.1 Å². The van der Waals surface area contributed by atoms with Crippen LogP contribution in [0.3, 0.4) is 0 Å². The highest BCUT2D eigenvalue weighted by Gasteiger charge is 2.20. The van der Waals surface area contributed by atoms with Crippen LogP contribution < -0.4 is 5.73 Å². The number of rotatable bonds is 3. The largest absolute Gasteiger partial charge is 0.330 e. The van der Waals surface area contributed by atoms with E-state index in [1.54, 1.807) is 0 Å². The monoisotopic (exact) mass is 170 g/mol. The predicted octanol–water partition coefficient (Wildman–Crippen LogP) is 1.46. The van der Waals surface area contributed by atoms with E-state index < -0.39 is 0 Å². The highest BCUT2D eigenvalue weighted by atomic mass is 15.2. The summed E-state index contributed by atoms with van der Waals surface area (Å²) < 4.78 is 0. The van der Waals surface area contributed by atoms with Crippen LogP contribution in [0.1, 0.15) is 33.1 Å². The second kappa shape index (κ2) is 4.83. The molecular weight excluding hydrogens is 148 g/mol. The SMILES string of the molecule is CC(C)N1CCCC(CCN)C1. The third-order valence-corrected chi connectivity index (χ3v) is 2.86. The Balaban J connectivity index is 2.30. The number of nitrogens with zero attached hydrogens (tertiary/aromatic N) is 1. The van der Waals surface area contributed by atoms with Crippen molar-refractivity contribution in [3.05, 3.63) is 0 Å². The summed E-state index contributed by atoms with van der Waals surface area (Å²) >= 11 is 0. The molecule has 1 aliphatic heterocycles. The molecule has 0 radical (unpaired) electrons. The van der Waals surface area contributed by atoms with E-state index in [-0.39, 0.29) is 0 Å². The van der Waals surface area contributed by atoms with Crippen LogP contribution in [0.25, 0.3) is 0 Å². The summed E-state index contributed by atoms with van der Waals surface area (Å²) in [4.78, 5) is 2.57. The van der Waals surface area contributed by atoms with Crippen molar-refractivity contribution in [2.45, 2.75) is 39.2 Å². The Morgan fingerprint density at radius 2 is 2.25 bits per heavy atom. The fourth-order valence-electron chi connectivity index (χ4n) is 2.04. The van der Waals surface area contributed by atoms with Crippen LogP contribution in [-0.4, -0.2) is 30.6 Å². The molecule has 0 aliphatic carbocycles. The lowest BCUT2D eigenvalue weighted by Crippen LogP contribution is -2.40. The smallest absolute Gasteiger partial charge is 0.00387 e. The summed E-state index contributed by atoms with van der Waals surface area (Å²) in [7, 11) is 0. The molecule has 0 amide bonds. The van der Waals surface area contributed by atoms with E-state index in [0.29, 0.717) is 6.04 Å². The second-order valence-electron chi connectivity index (χ2n) is 4.17. The summed E-state index contributed by atoms with van der Waals surface area (Å²) in [5.74, 6) is 0.867. The Kier molecular flexibility index (Phi) is 4.02. The van der Waals surface area contributed by atoms with Gasteiger partial charge < -0.3 is 10.6 Å². The molecule has 1 atom stereocenters. The van der Waals surface area contributed by atoms with E-state index >= 15 is 0 Å². The normalized spacial score (nSPS) is 26.5. The van der Waals surface area contributed by atoms with Gasteiger partial charge in [0.1, 0.15) is 0 Å². The van der Waals surface area contributed by atoms with Gasteiger partial charge in [0.15, 0.2) is 0 Å². The summed E-state index contributed by atoms with van der Waals surface area (Å²) in [5.41, 5.74) is 5.56. The third-order valence-electron chi connectivity index (χ3n) is 2.86. The molecule has 1 saturated heterocycles. The lowest BCUT2D eigenvalue weighted by Gasteiger charge is -2.35. The molecule has 1 heterocycles. The average molecular weight is 170 g/mol. The Hall–Kier alpha value is -0.0800. The Labute approximate surface area is 76.1 Å². The Morgan fingerprint density at radius 3 is 2.83 bits per heavy atom. The highest BCUT2D eigenvalue weighted by Crippen LogP contribution is 2.20. The second-order valence-corrected chi connectivity index (χ2v) is 4.17. The van der Waals surface area contributed by atoms with Crippen LogP contribution in [0.4, 0.5) is 0 Å². The first kappa shape index (κ1) is 10.0. The molecule has 2 heteroatoms. The molecule has 1 unspecified atom stereocenters. The van der Waals surface area contributed by atoms with Crippen molar-refractivity contribution in [2.24, 2.45) is 11.7 Å². The molecular formula is C10H22N2. The van der Waals surface area contributed by atoms with Crippen molar-refractivity contribution >= 4 is 0 Å². The molecule has 1 fully saturated rings. The minimum absolute atomic E-state index is 0.713. The van der Waals surface area contributed by atoms with E-state index in [9.17, 15) is 0 Å². The molecule has 0 spiro atoms. The summed E-state index contributed by atoms with van der Waals surface area (Å²) in [6.45, 7) is 7.99. The van der Waals surface area contributed by atoms with Gasteiger partial charge >= 0.3 is 0 Å². The van der Waals surface area contributed by atoms with Gasteiger partial charge in [-0.3, -0.25) is 0 Å². The van der Waals surface area contributed by atoms with Crippen LogP contribution in [0, 0.1) is 5.92 Å². The standard InChI is InChI=1S/C10H22N2/c1-9(2)12-7-3-4-10(8-12)5-6-11/h9-10H,3-8,11H2,1-2H3. The first-order valence-corrected chi connectivity index (χ1v) is 5.18. The van der Waals surface area contributed by atoms with Crippen molar-refractivity contribution in [3.8, 4) is 0 Å². The zero-order chi connectivity index (χ0) is 8.97. The minimum atomic E-state index is 0.713. The molecule has 1 rings (SSSR count). The maximum atomic E-state index is 5.56. The number of hydrogen-bond acceptors (Lipinski definition) is 2. The molecule has 12 heavy (non-hydrogen) atoms. The first-order chi connectivity index (χ1) is 5.74. The maximum absolute atomic E-state index is 5.56. The van der Waals surface area contributed by atoms with Crippen LogP contribution in [0.15, 0.2) is 0 Å². The van der Waals surface area contributed by atoms with Gasteiger partial charge in [-0.25, -0.2) is 0 Å². The first-order valence-electron chi connectivity index (χ1n) is 5.18. The average Bonchev–Trinajstić information content (AvgIpc) is 2.05.